The van der Waals surface area contributed by atoms with Gasteiger partial charge in [0.05, 0.1) is 0 Å². The van der Waals surface area contributed by atoms with Gasteiger partial charge in [-0.05, 0) is 36.0 Å². The Morgan fingerprint density at radius 2 is 2.00 bits per heavy atom. The van der Waals surface area contributed by atoms with Crippen molar-refractivity contribution in [1.29, 1.82) is 0 Å². The number of hydrogen-bond donors (Lipinski definition) is 0. The van der Waals surface area contributed by atoms with Gasteiger partial charge in [-0.3, -0.25) is 4.79 Å². The van der Waals surface area contributed by atoms with E-state index in [1.54, 1.807) is 12.1 Å². The maximum atomic E-state index is 14.0. The first-order chi connectivity index (χ1) is 9.37. The normalized spacial score (nSPS) is 18.8. The van der Waals surface area contributed by atoms with Gasteiger partial charge in [0.15, 0.2) is 0 Å². The molecule has 0 aliphatic heterocycles. The molecule has 0 unspecified atom stereocenters. The molecule has 0 aromatic heterocycles. The van der Waals surface area contributed by atoms with Crippen LogP contribution in [0.5, 0.6) is 0 Å². The number of ether oxygens (including phenoxy) is 1. The minimum absolute atomic E-state index is 0.0231. The van der Waals surface area contributed by atoms with Gasteiger partial charge in [0.2, 0.25) is 5.92 Å². The van der Waals surface area contributed by atoms with Crippen molar-refractivity contribution < 1.29 is 22.7 Å². The molecule has 0 N–H and O–H groups in total. The van der Waals surface area contributed by atoms with E-state index in [-0.39, 0.29) is 25.4 Å². The summed E-state index contributed by atoms with van der Waals surface area (Å²) >= 11 is 0. The minimum atomic E-state index is -2.61. The van der Waals surface area contributed by atoms with Crippen molar-refractivity contribution in [2.75, 3.05) is 0 Å². The molecule has 1 aliphatic carbocycles. The SMILES string of the molecule is CC(=O)OCc1ccc(C2CCC(F)(F)CC2)c(F)c1. The van der Waals surface area contributed by atoms with Crippen molar-refractivity contribution in [3.63, 3.8) is 0 Å². The fraction of sp³-hybridized carbons (Fsp3) is 0.533. The van der Waals surface area contributed by atoms with Gasteiger partial charge in [-0.1, -0.05) is 12.1 Å². The molecule has 20 heavy (non-hydrogen) atoms. The van der Waals surface area contributed by atoms with E-state index < -0.39 is 17.7 Å². The molecule has 1 aromatic rings. The Labute approximate surface area is 115 Å². The van der Waals surface area contributed by atoms with Crippen LogP contribution in [0.2, 0.25) is 0 Å². The van der Waals surface area contributed by atoms with Crippen molar-refractivity contribution in [2.24, 2.45) is 0 Å². The van der Waals surface area contributed by atoms with Crippen LogP contribution in [0, 0.1) is 5.82 Å². The summed E-state index contributed by atoms with van der Waals surface area (Å²) in [7, 11) is 0. The highest BCUT2D eigenvalue weighted by molar-refractivity contribution is 5.65. The second-order valence-corrected chi connectivity index (χ2v) is 5.27. The summed E-state index contributed by atoms with van der Waals surface area (Å²) in [5.74, 6) is -3.60. The van der Waals surface area contributed by atoms with Crippen molar-refractivity contribution in [1.82, 2.24) is 0 Å². The van der Waals surface area contributed by atoms with Crippen molar-refractivity contribution in [2.45, 2.75) is 51.1 Å². The summed E-state index contributed by atoms with van der Waals surface area (Å²) in [4.78, 5) is 10.7. The van der Waals surface area contributed by atoms with Crippen LogP contribution >= 0.6 is 0 Å². The Morgan fingerprint density at radius 3 is 2.55 bits per heavy atom. The second kappa shape index (κ2) is 5.85. The summed E-state index contributed by atoms with van der Waals surface area (Å²) in [6.07, 6.45) is 0.221. The molecule has 2 nitrogen and oxygen atoms in total. The van der Waals surface area contributed by atoms with Crippen LogP contribution in [-0.2, 0) is 16.1 Å². The number of benzene rings is 1. The van der Waals surface area contributed by atoms with E-state index >= 15 is 0 Å². The molecule has 1 fully saturated rings. The number of halogens is 3. The van der Waals surface area contributed by atoms with E-state index in [4.69, 9.17) is 4.74 Å². The van der Waals surface area contributed by atoms with Crippen LogP contribution < -0.4 is 0 Å². The topological polar surface area (TPSA) is 26.3 Å². The Kier molecular flexibility index (Phi) is 4.35. The van der Waals surface area contributed by atoms with E-state index in [0.29, 0.717) is 24.0 Å². The summed E-state index contributed by atoms with van der Waals surface area (Å²) in [6, 6.07) is 4.60. The zero-order valence-electron chi connectivity index (χ0n) is 11.3. The molecule has 5 heteroatoms. The van der Waals surface area contributed by atoms with Gasteiger partial charge in [0.25, 0.3) is 0 Å². The summed E-state index contributed by atoms with van der Waals surface area (Å²) in [5, 5.41) is 0. The minimum Gasteiger partial charge on any atom is -0.461 e. The van der Waals surface area contributed by atoms with Gasteiger partial charge in [-0.15, -0.1) is 0 Å². The predicted molar refractivity (Wildman–Crippen MR) is 68.0 cm³/mol. The molecule has 0 amide bonds. The lowest BCUT2D eigenvalue weighted by Crippen LogP contribution is -2.24. The average molecular weight is 286 g/mol. The second-order valence-electron chi connectivity index (χ2n) is 5.27. The van der Waals surface area contributed by atoms with Crippen molar-refractivity contribution in [3.8, 4) is 0 Å². The zero-order chi connectivity index (χ0) is 14.8. The Bertz CT molecular complexity index is 490. The van der Waals surface area contributed by atoms with Gasteiger partial charge in [-0.25, -0.2) is 13.2 Å². The van der Waals surface area contributed by atoms with Crippen LogP contribution in [0.25, 0.3) is 0 Å². The lowest BCUT2D eigenvalue weighted by atomic mass is 9.82. The molecule has 0 saturated heterocycles. The first kappa shape index (κ1) is 14.9. The average Bonchev–Trinajstić information content (AvgIpc) is 2.37. The highest BCUT2D eigenvalue weighted by Gasteiger charge is 2.36. The number of alkyl halides is 2. The molecule has 1 aromatic carbocycles. The molecule has 0 bridgehead atoms. The van der Waals surface area contributed by atoms with Crippen LogP contribution in [0.3, 0.4) is 0 Å². The number of carbonyl (C=O) groups is 1. The smallest absolute Gasteiger partial charge is 0.302 e. The molecular formula is C15H17F3O2. The molecule has 0 atom stereocenters. The van der Waals surface area contributed by atoms with E-state index in [9.17, 15) is 18.0 Å². The first-order valence-corrected chi connectivity index (χ1v) is 6.67. The highest BCUT2D eigenvalue weighted by atomic mass is 19.3. The fourth-order valence-corrected chi connectivity index (χ4v) is 2.53. The van der Waals surface area contributed by atoms with Gasteiger partial charge in [0.1, 0.15) is 12.4 Å². The van der Waals surface area contributed by atoms with Crippen LogP contribution in [0.4, 0.5) is 13.2 Å². The lowest BCUT2D eigenvalue weighted by Gasteiger charge is -2.28. The monoisotopic (exact) mass is 286 g/mol. The summed E-state index contributed by atoms with van der Waals surface area (Å²) in [5.41, 5.74) is 1.04. The third-order valence-corrected chi connectivity index (χ3v) is 3.66. The molecular weight excluding hydrogens is 269 g/mol. The van der Waals surface area contributed by atoms with Crippen LogP contribution in [0.1, 0.15) is 49.7 Å². The molecule has 1 saturated carbocycles. The Morgan fingerprint density at radius 1 is 1.35 bits per heavy atom. The van der Waals surface area contributed by atoms with Gasteiger partial charge in [-0.2, -0.15) is 0 Å². The van der Waals surface area contributed by atoms with Gasteiger partial charge in [0, 0.05) is 19.8 Å². The quantitative estimate of drug-likeness (QED) is 0.779. The summed E-state index contributed by atoms with van der Waals surface area (Å²) < 4.78 is 45.0. The van der Waals surface area contributed by atoms with E-state index in [0.717, 1.165) is 0 Å². The van der Waals surface area contributed by atoms with Gasteiger partial charge < -0.3 is 4.74 Å². The molecule has 110 valence electrons. The van der Waals surface area contributed by atoms with E-state index in [1.807, 2.05) is 0 Å². The Balaban J connectivity index is 2.04. The molecule has 2 rings (SSSR count). The standard InChI is InChI=1S/C15H17F3O2/c1-10(19)20-9-11-2-3-13(14(16)8-11)12-4-6-15(17,18)7-5-12/h2-3,8,12H,4-7,9H2,1H3. The van der Waals surface area contributed by atoms with E-state index in [2.05, 4.69) is 0 Å². The highest BCUT2D eigenvalue weighted by Crippen LogP contribution is 2.41. The lowest BCUT2D eigenvalue weighted by molar-refractivity contribution is -0.142. The number of carbonyl (C=O) groups excluding carboxylic acids is 1. The predicted octanol–water partition coefficient (Wildman–Crippen LogP) is 4.18. The molecule has 0 radical (unpaired) electrons. The fourth-order valence-electron chi connectivity index (χ4n) is 2.53. The Hall–Kier alpha value is -1.52. The third kappa shape index (κ3) is 3.74. The van der Waals surface area contributed by atoms with Crippen molar-refractivity contribution in [3.05, 3.63) is 35.1 Å². The van der Waals surface area contributed by atoms with Crippen LogP contribution in [0.15, 0.2) is 18.2 Å². The molecule has 0 heterocycles. The summed E-state index contributed by atoms with van der Waals surface area (Å²) in [6.45, 7) is 1.31. The molecule has 1 aliphatic rings. The number of esters is 1. The number of hydrogen-bond acceptors (Lipinski definition) is 2. The van der Waals surface area contributed by atoms with Gasteiger partial charge >= 0.3 is 5.97 Å². The first-order valence-electron chi connectivity index (χ1n) is 6.67. The van der Waals surface area contributed by atoms with Crippen molar-refractivity contribution >= 4 is 5.97 Å². The van der Waals surface area contributed by atoms with Crippen LogP contribution in [-0.4, -0.2) is 11.9 Å². The third-order valence-electron chi connectivity index (χ3n) is 3.66. The maximum Gasteiger partial charge on any atom is 0.302 e. The van der Waals surface area contributed by atoms with E-state index in [1.165, 1.54) is 13.0 Å². The molecule has 0 spiro atoms. The maximum absolute atomic E-state index is 14.0. The largest absolute Gasteiger partial charge is 0.461 e. The number of rotatable bonds is 3. The zero-order valence-corrected chi connectivity index (χ0v) is 11.3.